The van der Waals surface area contributed by atoms with E-state index in [2.05, 4.69) is 5.32 Å². The summed E-state index contributed by atoms with van der Waals surface area (Å²) in [4.78, 5) is 22.6. The number of halogens is 1. The van der Waals surface area contributed by atoms with Crippen LogP contribution in [0.4, 0.5) is 5.69 Å². The van der Waals surface area contributed by atoms with Crippen molar-refractivity contribution in [3.63, 3.8) is 0 Å². The summed E-state index contributed by atoms with van der Waals surface area (Å²) in [5.74, 6) is -0.218. The number of carbonyl (C=O) groups is 1. The number of benzene rings is 4. The van der Waals surface area contributed by atoms with Crippen LogP contribution in [0.15, 0.2) is 103 Å². The first-order valence-electron chi connectivity index (χ1n) is 10.2. The van der Waals surface area contributed by atoms with Crippen LogP contribution in [-0.4, -0.2) is 15.9 Å². The van der Waals surface area contributed by atoms with Gasteiger partial charge in [-0.1, -0.05) is 72.3 Å². The van der Waals surface area contributed by atoms with E-state index < -0.39 is 0 Å². The maximum absolute atomic E-state index is 12.8. The van der Waals surface area contributed by atoms with Gasteiger partial charge in [0.15, 0.2) is 0 Å². The predicted molar refractivity (Wildman–Crippen MR) is 130 cm³/mol. The number of fused-ring (bicyclic) bond motifs is 1. The van der Waals surface area contributed by atoms with Crippen LogP contribution in [0.5, 0.6) is 0 Å². The molecule has 0 bridgehead atoms. The maximum atomic E-state index is 12.8. The molecule has 0 radical (unpaired) electrons. The number of rotatable bonds is 4. The monoisotopic (exact) mass is 435 g/mol. The average molecular weight is 436 g/mol. The number of carbonyl (C=O) groups excluding carboxylic acids is 1. The molecule has 0 atom stereocenters. The molecule has 0 fully saturated rings. The minimum absolute atomic E-state index is 0.218. The highest BCUT2D eigenvalue weighted by molar-refractivity contribution is 6.30. The topological polar surface area (TPSA) is 54.9 Å². The molecule has 5 heteroatoms. The van der Waals surface area contributed by atoms with Crippen molar-refractivity contribution in [2.75, 3.05) is 5.32 Å². The van der Waals surface area contributed by atoms with Gasteiger partial charge >= 0.3 is 0 Å². The smallest absolute Gasteiger partial charge is 0.255 e. The Morgan fingerprint density at radius 1 is 0.656 bits per heavy atom. The third kappa shape index (κ3) is 4.09. The Hall–Kier alpha value is -4.02. The maximum Gasteiger partial charge on any atom is 0.255 e. The first-order chi connectivity index (χ1) is 15.7. The zero-order valence-corrected chi connectivity index (χ0v) is 17.8. The molecule has 4 nitrogen and oxygen atoms in total. The SMILES string of the molecule is O=C(Nc1ccc(Cl)cc1)c1ccc2nc(-c3ccccc3)c(-c3ccccc3)nc2c1. The molecule has 0 unspecified atom stereocenters. The molecule has 32 heavy (non-hydrogen) atoms. The first kappa shape index (κ1) is 19.9. The van der Waals surface area contributed by atoms with Crippen molar-refractivity contribution in [3.05, 3.63) is 114 Å². The molecule has 0 saturated heterocycles. The van der Waals surface area contributed by atoms with Crippen LogP contribution >= 0.6 is 11.6 Å². The molecule has 0 spiro atoms. The number of nitrogens with one attached hydrogen (secondary N) is 1. The zero-order valence-electron chi connectivity index (χ0n) is 17.0. The van der Waals surface area contributed by atoms with Crippen LogP contribution in [0, 0.1) is 0 Å². The highest BCUT2D eigenvalue weighted by Gasteiger charge is 2.15. The van der Waals surface area contributed by atoms with Crippen LogP contribution in [0.3, 0.4) is 0 Å². The Morgan fingerprint density at radius 3 is 1.81 bits per heavy atom. The minimum Gasteiger partial charge on any atom is -0.322 e. The molecule has 1 heterocycles. The van der Waals surface area contributed by atoms with Crippen LogP contribution in [0.1, 0.15) is 10.4 Å². The summed E-state index contributed by atoms with van der Waals surface area (Å²) < 4.78 is 0. The van der Waals surface area contributed by atoms with Gasteiger partial charge in [0.05, 0.1) is 22.4 Å². The Morgan fingerprint density at radius 2 is 1.22 bits per heavy atom. The number of hydrogen-bond acceptors (Lipinski definition) is 3. The van der Waals surface area contributed by atoms with Crippen LogP contribution in [-0.2, 0) is 0 Å². The van der Waals surface area contributed by atoms with Crippen molar-refractivity contribution >= 4 is 34.2 Å². The van der Waals surface area contributed by atoms with E-state index in [9.17, 15) is 4.79 Å². The standard InChI is InChI=1S/C27H18ClN3O/c28-21-12-14-22(15-13-21)29-27(32)20-11-16-23-24(17-20)31-26(19-9-5-2-6-10-19)25(30-23)18-7-3-1-4-8-18/h1-17H,(H,29,32). The summed E-state index contributed by atoms with van der Waals surface area (Å²) in [6.07, 6.45) is 0. The fourth-order valence-corrected chi connectivity index (χ4v) is 3.65. The van der Waals surface area contributed by atoms with Crippen molar-refractivity contribution in [1.29, 1.82) is 0 Å². The van der Waals surface area contributed by atoms with E-state index in [1.54, 1.807) is 36.4 Å². The van der Waals surface area contributed by atoms with Gasteiger partial charge in [0, 0.05) is 27.4 Å². The van der Waals surface area contributed by atoms with Gasteiger partial charge in [-0.25, -0.2) is 9.97 Å². The van der Waals surface area contributed by atoms with Crippen molar-refractivity contribution in [3.8, 4) is 22.5 Å². The molecule has 1 amide bonds. The third-order valence-electron chi connectivity index (χ3n) is 5.12. The molecule has 154 valence electrons. The average Bonchev–Trinajstić information content (AvgIpc) is 2.85. The molecular formula is C27H18ClN3O. The lowest BCUT2D eigenvalue weighted by molar-refractivity contribution is 0.102. The quantitative estimate of drug-likeness (QED) is 0.335. The fraction of sp³-hybridized carbons (Fsp3) is 0. The molecule has 1 N–H and O–H groups in total. The van der Waals surface area contributed by atoms with E-state index in [0.29, 0.717) is 21.8 Å². The van der Waals surface area contributed by atoms with Crippen LogP contribution in [0.2, 0.25) is 5.02 Å². The Balaban J connectivity index is 1.59. The van der Waals surface area contributed by atoms with Gasteiger partial charge in [-0.2, -0.15) is 0 Å². The van der Waals surface area contributed by atoms with E-state index in [-0.39, 0.29) is 5.91 Å². The fourth-order valence-electron chi connectivity index (χ4n) is 3.53. The second kappa shape index (κ2) is 8.61. The highest BCUT2D eigenvalue weighted by Crippen LogP contribution is 2.31. The van der Waals surface area contributed by atoms with E-state index in [0.717, 1.165) is 28.0 Å². The van der Waals surface area contributed by atoms with Gasteiger partial charge in [-0.15, -0.1) is 0 Å². The third-order valence-corrected chi connectivity index (χ3v) is 5.37. The van der Waals surface area contributed by atoms with Crippen molar-refractivity contribution in [2.24, 2.45) is 0 Å². The van der Waals surface area contributed by atoms with E-state index in [1.165, 1.54) is 0 Å². The Labute approximate surface area is 190 Å². The van der Waals surface area contributed by atoms with Gasteiger partial charge < -0.3 is 5.32 Å². The summed E-state index contributed by atoms with van der Waals surface area (Å²) in [7, 11) is 0. The summed E-state index contributed by atoms with van der Waals surface area (Å²) >= 11 is 5.92. The normalized spacial score (nSPS) is 10.8. The van der Waals surface area contributed by atoms with E-state index in [1.807, 2.05) is 66.7 Å². The van der Waals surface area contributed by atoms with Crippen LogP contribution < -0.4 is 5.32 Å². The van der Waals surface area contributed by atoms with Crippen molar-refractivity contribution < 1.29 is 4.79 Å². The lowest BCUT2D eigenvalue weighted by atomic mass is 10.0. The Bertz CT molecular complexity index is 1400. The molecule has 1 aromatic heterocycles. The largest absolute Gasteiger partial charge is 0.322 e. The number of hydrogen-bond donors (Lipinski definition) is 1. The second-order valence-corrected chi connectivity index (χ2v) is 7.75. The van der Waals surface area contributed by atoms with Gasteiger partial charge in [0.1, 0.15) is 0 Å². The van der Waals surface area contributed by atoms with Gasteiger partial charge in [-0.05, 0) is 42.5 Å². The molecule has 0 saturated carbocycles. The summed E-state index contributed by atoms with van der Waals surface area (Å²) in [5.41, 5.74) is 6.12. The first-order valence-corrected chi connectivity index (χ1v) is 10.5. The summed E-state index contributed by atoms with van der Waals surface area (Å²) in [6.45, 7) is 0. The molecule has 0 aliphatic heterocycles. The molecule has 4 aromatic carbocycles. The highest BCUT2D eigenvalue weighted by atomic mass is 35.5. The molecule has 5 rings (SSSR count). The van der Waals surface area contributed by atoms with Gasteiger partial charge in [-0.3, -0.25) is 4.79 Å². The minimum atomic E-state index is -0.218. The van der Waals surface area contributed by atoms with Gasteiger partial charge in [0.2, 0.25) is 0 Å². The number of aromatic nitrogens is 2. The number of nitrogens with zero attached hydrogens (tertiary/aromatic N) is 2. The molecule has 0 aliphatic rings. The number of anilines is 1. The molecule has 5 aromatic rings. The molecule has 0 aliphatic carbocycles. The van der Waals surface area contributed by atoms with Crippen LogP contribution in [0.25, 0.3) is 33.5 Å². The number of amides is 1. The Kier molecular flexibility index (Phi) is 5.36. The zero-order chi connectivity index (χ0) is 21.9. The summed E-state index contributed by atoms with van der Waals surface area (Å²) in [5, 5.41) is 3.51. The summed E-state index contributed by atoms with van der Waals surface area (Å²) in [6, 6.07) is 32.3. The van der Waals surface area contributed by atoms with Gasteiger partial charge in [0.25, 0.3) is 5.91 Å². The molecular weight excluding hydrogens is 418 g/mol. The lowest BCUT2D eigenvalue weighted by Gasteiger charge is -2.11. The lowest BCUT2D eigenvalue weighted by Crippen LogP contribution is -2.12. The van der Waals surface area contributed by atoms with Crippen molar-refractivity contribution in [2.45, 2.75) is 0 Å². The predicted octanol–water partition coefficient (Wildman–Crippen LogP) is 6.87. The van der Waals surface area contributed by atoms with E-state index >= 15 is 0 Å². The van der Waals surface area contributed by atoms with E-state index in [4.69, 9.17) is 21.6 Å². The van der Waals surface area contributed by atoms with Crippen molar-refractivity contribution in [1.82, 2.24) is 9.97 Å². The second-order valence-electron chi connectivity index (χ2n) is 7.32.